The standard InChI is InChI=1S/2CH4O.2CH3.O.Zr/c2*1-2;;;;/h2*2H,1H3;2*1H3;;/q;;2*-1;;+2. The van der Waals surface area contributed by atoms with Crippen LogP contribution in [0.15, 0.2) is 0 Å². The Hall–Kier alpha value is 0.603. The molecule has 0 radical (unpaired) electrons. The number of aliphatic hydroxyl groups is 2. The third-order valence-electron chi connectivity index (χ3n) is 0. The van der Waals surface area contributed by atoms with Crippen LogP contribution in [0.25, 0.3) is 0 Å². The summed E-state index contributed by atoms with van der Waals surface area (Å²) < 4.78 is 8.34. The van der Waals surface area contributed by atoms with Gasteiger partial charge in [0.05, 0.1) is 0 Å². The Labute approximate surface area is 67.0 Å². The molecule has 0 aliphatic rings. The Balaban J connectivity index is -0.00000000500. The summed E-state index contributed by atoms with van der Waals surface area (Å²) in [5.41, 5.74) is 0. The van der Waals surface area contributed by atoms with Crippen LogP contribution in [-0.4, -0.2) is 24.4 Å². The molecule has 0 rings (SSSR count). The van der Waals surface area contributed by atoms with Crippen molar-refractivity contribution in [3.05, 3.63) is 14.9 Å². The van der Waals surface area contributed by atoms with E-state index in [0.717, 1.165) is 14.2 Å². The van der Waals surface area contributed by atoms with E-state index in [0.29, 0.717) is 24.7 Å². The Morgan fingerprint density at radius 1 is 0.875 bits per heavy atom. The zero-order chi connectivity index (χ0) is 6.00. The Morgan fingerprint density at radius 3 is 0.875 bits per heavy atom. The van der Waals surface area contributed by atoms with Crippen molar-refractivity contribution in [2.45, 2.75) is 0 Å². The molecule has 8 heavy (non-hydrogen) atoms. The number of rotatable bonds is 0. The molecule has 4 heteroatoms. The van der Waals surface area contributed by atoms with Crippen LogP contribution in [0.3, 0.4) is 0 Å². The first-order valence-corrected chi connectivity index (χ1v) is 2.10. The molecule has 0 amide bonds. The van der Waals surface area contributed by atoms with Gasteiger partial charge in [-0.1, -0.05) is 0 Å². The van der Waals surface area contributed by atoms with E-state index >= 15 is 0 Å². The van der Waals surface area contributed by atoms with E-state index in [9.17, 15) is 0 Å². The monoisotopic (exact) mass is 200 g/mol. The summed E-state index contributed by atoms with van der Waals surface area (Å²) in [6.45, 7) is 0. The Kier molecular flexibility index (Phi) is 4360. The maximum absolute atomic E-state index is 8.34. The normalized spacial score (nSPS) is 2.25. The van der Waals surface area contributed by atoms with Crippen LogP contribution in [0, 0.1) is 14.9 Å². The fourth-order valence-electron chi connectivity index (χ4n) is 0. The third kappa shape index (κ3) is 570. The maximum atomic E-state index is 8.34. The van der Waals surface area contributed by atoms with Crippen molar-refractivity contribution in [2.75, 3.05) is 14.2 Å². The van der Waals surface area contributed by atoms with Crippen LogP contribution in [0.5, 0.6) is 0 Å². The van der Waals surface area contributed by atoms with E-state index in [1.165, 1.54) is 0 Å². The van der Waals surface area contributed by atoms with Gasteiger partial charge in [0.2, 0.25) is 0 Å². The van der Waals surface area contributed by atoms with Gasteiger partial charge in [0.15, 0.2) is 0 Å². The molecule has 0 unspecified atom stereocenters. The fraction of sp³-hybridized carbons (Fsp3) is 0.500. The van der Waals surface area contributed by atoms with E-state index in [-0.39, 0.29) is 14.9 Å². The molecule has 0 aliphatic heterocycles. The molecule has 0 saturated heterocycles. The van der Waals surface area contributed by atoms with Gasteiger partial charge in [0, 0.05) is 14.2 Å². The summed E-state index contributed by atoms with van der Waals surface area (Å²) in [5.74, 6) is 0. The van der Waals surface area contributed by atoms with Gasteiger partial charge in [-0.25, -0.2) is 0 Å². The van der Waals surface area contributed by atoms with Gasteiger partial charge < -0.3 is 25.1 Å². The minimum absolute atomic E-state index is 0. The van der Waals surface area contributed by atoms with Crippen molar-refractivity contribution in [1.82, 2.24) is 0 Å². The van der Waals surface area contributed by atoms with Gasteiger partial charge in [0.25, 0.3) is 0 Å². The van der Waals surface area contributed by atoms with Gasteiger partial charge >= 0.3 is 27.5 Å². The van der Waals surface area contributed by atoms with Crippen LogP contribution in [0.2, 0.25) is 0 Å². The molecule has 0 fully saturated rings. The third-order valence-corrected chi connectivity index (χ3v) is 0. The minimum atomic E-state index is 0. The molecule has 0 spiro atoms. The SMILES string of the molecule is CO.CO.[CH3-].[CH3-].[O]=[Zr+2]. The molecule has 0 saturated carbocycles. The molecule has 0 bridgehead atoms. The second kappa shape index (κ2) is 911. The van der Waals surface area contributed by atoms with Crippen molar-refractivity contribution in [3.8, 4) is 0 Å². The predicted molar refractivity (Wildman–Crippen MR) is 29.8 cm³/mol. The average molecular weight is 201 g/mol. The summed E-state index contributed by atoms with van der Waals surface area (Å²) in [6, 6.07) is 0. The fourth-order valence-corrected chi connectivity index (χ4v) is 0. The van der Waals surface area contributed by atoms with Gasteiger partial charge in [0.1, 0.15) is 0 Å². The Morgan fingerprint density at radius 2 is 0.875 bits per heavy atom. The van der Waals surface area contributed by atoms with Crippen LogP contribution < -0.4 is 0 Å². The topological polar surface area (TPSA) is 57.5 Å². The van der Waals surface area contributed by atoms with Gasteiger partial charge in [-0.05, 0) is 0 Å². The first-order chi connectivity index (χ1) is 3.00. The van der Waals surface area contributed by atoms with E-state index in [1.807, 2.05) is 0 Å². The van der Waals surface area contributed by atoms with Crippen molar-refractivity contribution >= 4 is 0 Å². The summed E-state index contributed by atoms with van der Waals surface area (Å²) in [6.07, 6.45) is 0. The first-order valence-electron chi connectivity index (χ1n) is 1.10. The van der Waals surface area contributed by atoms with Crippen molar-refractivity contribution in [1.29, 1.82) is 0 Å². The second-order valence-corrected chi connectivity index (χ2v) is 0. The van der Waals surface area contributed by atoms with Crippen molar-refractivity contribution in [3.63, 3.8) is 0 Å². The van der Waals surface area contributed by atoms with Gasteiger partial charge in [-0.15, -0.1) is 0 Å². The number of hydrogen-bond acceptors (Lipinski definition) is 3. The van der Waals surface area contributed by atoms with Crippen LogP contribution in [0.4, 0.5) is 0 Å². The zero-order valence-corrected chi connectivity index (χ0v) is 8.26. The average Bonchev–Trinajstić information content (AvgIpc) is 1.81. The molecule has 0 aromatic heterocycles. The summed E-state index contributed by atoms with van der Waals surface area (Å²) >= 11 is 0.300. The van der Waals surface area contributed by atoms with E-state index in [4.69, 9.17) is 13.0 Å². The number of hydrogen-bond donors (Lipinski definition) is 2. The van der Waals surface area contributed by atoms with Crippen LogP contribution >= 0.6 is 0 Å². The summed E-state index contributed by atoms with van der Waals surface area (Å²) in [5, 5.41) is 14.0. The Bertz CT molecular complexity index is 11.2. The van der Waals surface area contributed by atoms with Crippen molar-refractivity contribution < 1.29 is 37.7 Å². The van der Waals surface area contributed by atoms with Crippen LogP contribution in [-0.2, 0) is 27.5 Å². The van der Waals surface area contributed by atoms with E-state index < -0.39 is 0 Å². The van der Waals surface area contributed by atoms with Crippen LogP contribution in [0.1, 0.15) is 0 Å². The molecule has 2 N–H and O–H groups in total. The number of aliphatic hydroxyl groups excluding tert-OH is 2. The molecule has 0 aromatic rings. The van der Waals surface area contributed by atoms with E-state index in [2.05, 4.69) is 0 Å². The van der Waals surface area contributed by atoms with Gasteiger partial charge in [-0.2, -0.15) is 0 Å². The molecule has 52 valence electrons. The molecule has 0 heterocycles. The molecular weight excluding hydrogens is 187 g/mol. The molecule has 0 aromatic carbocycles. The van der Waals surface area contributed by atoms with Crippen molar-refractivity contribution in [2.24, 2.45) is 0 Å². The summed E-state index contributed by atoms with van der Waals surface area (Å²) in [4.78, 5) is 0. The summed E-state index contributed by atoms with van der Waals surface area (Å²) in [7, 11) is 2.00. The second-order valence-electron chi connectivity index (χ2n) is 0. The molecule has 3 nitrogen and oxygen atoms in total. The molecular formula is C4H14O3Zr. The predicted octanol–water partition coefficient (Wildman–Crippen LogP) is -0.00372. The van der Waals surface area contributed by atoms with E-state index in [1.54, 1.807) is 0 Å². The quantitative estimate of drug-likeness (QED) is 0.542. The zero-order valence-electron chi connectivity index (χ0n) is 5.80. The molecule has 0 atom stereocenters. The van der Waals surface area contributed by atoms with Gasteiger partial charge in [-0.3, -0.25) is 0 Å². The molecule has 0 aliphatic carbocycles. The first kappa shape index (κ1) is 38.3.